The van der Waals surface area contributed by atoms with Crippen LogP contribution in [0.4, 0.5) is 5.69 Å². The number of nitro benzene ring substituents is 1. The third-order valence-electron chi connectivity index (χ3n) is 3.87. The zero-order valence-electron chi connectivity index (χ0n) is 11.7. The summed E-state index contributed by atoms with van der Waals surface area (Å²) in [5, 5.41) is 11.2. The minimum atomic E-state index is -0.510. The van der Waals surface area contributed by atoms with Gasteiger partial charge in [0.15, 0.2) is 5.78 Å². The molecule has 1 aliphatic carbocycles. The van der Waals surface area contributed by atoms with Gasteiger partial charge < -0.3 is 4.57 Å². The molecule has 1 aromatic carbocycles. The van der Waals surface area contributed by atoms with Crippen molar-refractivity contribution in [3.05, 3.63) is 51.6 Å². The van der Waals surface area contributed by atoms with Gasteiger partial charge in [0, 0.05) is 11.8 Å². The number of aryl methyl sites for hydroxylation is 1. The number of imidazole rings is 1. The highest BCUT2D eigenvalue weighted by Crippen LogP contribution is 2.27. The van der Waals surface area contributed by atoms with E-state index in [1.54, 1.807) is 12.4 Å². The molecule has 6 heteroatoms. The van der Waals surface area contributed by atoms with Gasteiger partial charge in [-0.05, 0) is 44.7 Å². The number of benzene rings is 1. The fraction of sp³-hybridized carbons (Fsp3) is 0.333. The molecule has 0 unspecified atom stereocenters. The standard InChI is InChI=1S/C15H15N3O3/c1-10(19)12-7-6-11(8-15(12)18(20)21)17-9-16-13-4-2-3-5-14(13)17/h6-9H,2-5H2,1H3. The fourth-order valence-corrected chi connectivity index (χ4v) is 2.81. The van der Waals surface area contributed by atoms with Gasteiger partial charge in [0.1, 0.15) is 0 Å². The molecular formula is C15H15N3O3. The van der Waals surface area contributed by atoms with E-state index in [-0.39, 0.29) is 17.0 Å². The van der Waals surface area contributed by atoms with E-state index in [1.807, 2.05) is 4.57 Å². The van der Waals surface area contributed by atoms with E-state index in [0.29, 0.717) is 5.69 Å². The van der Waals surface area contributed by atoms with E-state index >= 15 is 0 Å². The molecule has 21 heavy (non-hydrogen) atoms. The van der Waals surface area contributed by atoms with Crippen molar-refractivity contribution in [1.29, 1.82) is 0 Å². The van der Waals surface area contributed by atoms with Crippen LogP contribution < -0.4 is 0 Å². The number of fused-ring (bicyclic) bond motifs is 1. The second-order valence-corrected chi connectivity index (χ2v) is 5.23. The molecule has 0 aliphatic heterocycles. The fourth-order valence-electron chi connectivity index (χ4n) is 2.81. The Bertz CT molecular complexity index is 734. The molecule has 1 aromatic heterocycles. The van der Waals surface area contributed by atoms with Crippen molar-refractivity contribution in [2.75, 3.05) is 0 Å². The molecule has 0 saturated carbocycles. The van der Waals surface area contributed by atoms with Crippen molar-refractivity contribution in [3.63, 3.8) is 0 Å². The summed E-state index contributed by atoms with van der Waals surface area (Å²) < 4.78 is 1.89. The summed E-state index contributed by atoms with van der Waals surface area (Å²) in [5.74, 6) is -0.305. The molecule has 0 saturated heterocycles. The maximum Gasteiger partial charge on any atom is 0.282 e. The summed E-state index contributed by atoms with van der Waals surface area (Å²) >= 11 is 0. The number of carbonyl (C=O) groups excluding carboxylic acids is 1. The molecule has 0 spiro atoms. The number of nitro groups is 1. The Balaban J connectivity index is 2.11. The van der Waals surface area contributed by atoms with E-state index in [2.05, 4.69) is 4.98 Å². The highest BCUT2D eigenvalue weighted by atomic mass is 16.6. The Morgan fingerprint density at radius 1 is 1.33 bits per heavy atom. The Morgan fingerprint density at radius 3 is 2.81 bits per heavy atom. The first kappa shape index (κ1) is 13.5. The number of rotatable bonds is 3. The topological polar surface area (TPSA) is 78.0 Å². The first-order valence-electron chi connectivity index (χ1n) is 6.93. The predicted molar refractivity (Wildman–Crippen MR) is 76.9 cm³/mol. The molecular weight excluding hydrogens is 270 g/mol. The Kier molecular flexibility index (Phi) is 3.29. The van der Waals surface area contributed by atoms with Gasteiger partial charge in [-0.15, -0.1) is 0 Å². The van der Waals surface area contributed by atoms with Crippen LogP contribution in [-0.2, 0) is 12.8 Å². The number of carbonyl (C=O) groups is 1. The van der Waals surface area contributed by atoms with E-state index in [0.717, 1.165) is 37.1 Å². The third kappa shape index (κ3) is 2.33. The number of hydrogen-bond acceptors (Lipinski definition) is 4. The van der Waals surface area contributed by atoms with Crippen molar-refractivity contribution in [3.8, 4) is 5.69 Å². The first-order valence-corrected chi connectivity index (χ1v) is 6.93. The minimum Gasteiger partial charge on any atom is -0.303 e. The average Bonchev–Trinajstić information content (AvgIpc) is 2.90. The van der Waals surface area contributed by atoms with Gasteiger partial charge in [-0.25, -0.2) is 4.98 Å². The van der Waals surface area contributed by atoms with E-state index in [9.17, 15) is 14.9 Å². The van der Waals surface area contributed by atoms with Gasteiger partial charge >= 0.3 is 0 Å². The maximum atomic E-state index is 11.5. The highest BCUT2D eigenvalue weighted by molar-refractivity contribution is 5.98. The Morgan fingerprint density at radius 2 is 2.10 bits per heavy atom. The minimum absolute atomic E-state index is 0.137. The lowest BCUT2D eigenvalue weighted by atomic mass is 10.0. The van der Waals surface area contributed by atoms with Gasteiger partial charge in [0.05, 0.1) is 28.2 Å². The molecule has 3 rings (SSSR count). The Hall–Kier alpha value is -2.50. The molecule has 0 bridgehead atoms. The SMILES string of the molecule is CC(=O)c1ccc(-n2cnc3c2CCCC3)cc1[N+](=O)[O-]. The van der Waals surface area contributed by atoms with Crippen molar-refractivity contribution in [2.45, 2.75) is 32.6 Å². The van der Waals surface area contributed by atoms with Crippen molar-refractivity contribution in [2.24, 2.45) is 0 Å². The first-order chi connectivity index (χ1) is 10.1. The van der Waals surface area contributed by atoms with Crippen LogP contribution in [0.1, 0.15) is 41.5 Å². The number of Topliss-reactive ketones (excluding diaryl/α,β-unsaturated/α-hetero) is 1. The third-order valence-corrected chi connectivity index (χ3v) is 3.87. The van der Waals surface area contributed by atoms with Crippen molar-refractivity contribution in [1.82, 2.24) is 9.55 Å². The molecule has 0 fully saturated rings. The lowest BCUT2D eigenvalue weighted by molar-refractivity contribution is -0.385. The molecule has 1 aliphatic rings. The van der Waals surface area contributed by atoms with Crippen LogP contribution in [0.5, 0.6) is 0 Å². The van der Waals surface area contributed by atoms with Crippen LogP contribution in [0.15, 0.2) is 24.5 Å². The number of ketones is 1. The summed E-state index contributed by atoms with van der Waals surface area (Å²) in [7, 11) is 0. The number of nitrogens with zero attached hydrogens (tertiary/aromatic N) is 3. The monoisotopic (exact) mass is 285 g/mol. The summed E-state index contributed by atoms with van der Waals surface area (Å²) in [5.41, 5.74) is 2.85. The summed E-state index contributed by atoms with van der Waals surface area (Å²) in [6, 6.07) is 4.71. The molecule has 0 amide bonds. The van der Waals surface area contributed by atoms with Crippen LogP contribution in [-0.4, -0.2) is 20.3 Å². The summed E-state index contributed by atoms with van der Waals surface area (Å²) in [6.45, 7) is 1.33. The molecule has 0 radical (unpaired) electrons. The zero-order chi connectivity index (χ0) is 15.0. The van der Waals surface area contributed by atoms with E-state index < -0.39 is 4.92 Å². The largest absolute Gasteiger partial charge is 0.303 e. The van der Waals surface area contributed by atoms with Gasteiger partial charge in [0.25, 0.3) is 5.69 Å². The van der Waals surface area contributed by atoms with Crippen LogP contribution >= 0.6 is 0 Å². The second-order valence-electron chi connectivity index (χ2n) is 5.23. The summed E-state index contributed by atoms with van der Waals surface area (Å²) in [4.78, 5) is 26.5. The van der Waals surface area contributed by atoms with Crippen LogP contribution in [0.25, 0.3) is 5.69 Å². The molecule has 2 aromatic rings. The van der Waals surface area contributed by atoms with Gasteiger partial charge in [-0.2, -0.15) is 0 Å². The number of hydrogen-bond donors (Lipinski definition) is 0. The van der Waals surface area contributed by atoms with E-state index in [1.165, 1.54) is 19.1 Å². The molecule has 6 nitrogen and oxygen atoms in total. The number of aromatic nitrogens is 2. The normalized spacial score (nSPS) is 13.8. The van der Waals surface area contributed by atoms with Gasteiger partial charge in [-0.1, -0.05) is 0 Å². The molecule has 108 valence electrons. The summed E-state index contributed by atoms with van der Waals surface area (Å²) in [6.07, 6.45) is 5.83. The smallest absolute Gasteiger partial charge is 0.282 e. The Labute approximate surface area is 121 Å². The second kappa shape index (κ2) is 5.12. The lowest BCUT2D eigenvalue weighted by Gasteiger charge is -2.14. The quantitative estimate of drug-likeness (QED) is 0.493. The van der Waals surface area contributed by atoms with Crippen LogP contribution in [0, 0.1) is 10.1 Å². The maximum absolute atomic E-state index is 11.5. The predicted octanol–water partition coefficient (Wildman–Crippen LogP) is 2.86. The van der Waals surface area contributed by atoms with Crippen molar-refractivity contribution < 1.29 is 9.72 Å². The molecule has 1 heterocycles. The van der Waals surface area contributed by atoms with Gasteiger partial charge in [0.2, 0.25) is 0 Å². The van der Waals surface area contributed by atoms with Gasteiger partial charge in [-0.3, -0.25) is 14.9 Å². The van der Waals surface area contributed by atoms with E-state index in [4.69, 9.17) is 0 Å². The highest BCUT2D eigenvalue weighted by Gasteiger charge is 2.21. The zero-order valence-corrected chi connectivity index (χ0v) is 11.7. The molecule has 0 N–H and O–H groups in total. The average molecular weight is 285 g/mol. The lowest BCUT2D eigenvalue weighted by Crippen LogP contribution is -2.08. The van der Waals surface area contributed by atoms with Crippen LogP contribution in [0.3, 0.4) is 0 Å². The van der Waals surface area contributed by atoms with Crippen LogP contribution in [0.2, 0.25) is 0 Å². The van der Waals surface area contributed by atoms with Crippen molar-refractivity contribution >= 4 is 11.5 Å². The molecule has 0 atom stereocenters.